The summed E-state index contributed by atoms with van der Waals surface area (Å²) in [5.41, 5.74) is 9.19. The molecule has 0 amide bonds. The summed E-state index contributed by atoms with van der Waals surface area (Å²) in [4.78, 5) is 6.38. The number of anilines is 1. The number of aromatic nitrogens is 1. The van der Waals surface area contributed by atoms with Crippen molar-refractivity contribution in [3.05, 3.63) is 52.3 Å². The predicted molar refractivity (Wildman–Crippen MR) is 92.2 cm³/mol. The fourth-order valence-corrected chi connectivity index (χ4v) is 3.14. The summed E-state index contributed by atoms with van der Waals surface area (Å²) >= 11 is 5.99. The lowest BCUT2D eigenvalue weighted by atomic mass is 9.96. The number of nitrogens with zero attached hydrogens (tertiary/aromatic N) is 2. The number of hydrogen-bond acceptors (Lipinski definition) is 4. The zero-order valence-corrected chi connectivity index (χ0v) is 13.9. The second-order valence-corrected chi connectivity index (χ2v) is 6.12. The lowest BCUT2D eigenvalue weighted by molar-refractivity contribution is 0.308. The van der Waals surface area contributed by atoms with E-state index in [9.17, 15) is 0 Å². The van der Waals surface area contributed by atoms with Gasteiger partial charge in [-0.25, -0.2) is 4.98 Å². The maximum absolute atomic E-state index is 8.54. The van der Waals surface area contributed by atoms with Gasteiger partial charge in [-0.1, -0.05) is 23.7 Å². The highest BCUT2D eigenvalue weighted by Crippen LogP contribution is 2.29. The van der Waals surface area contributed by atoms with Gasteiger partial charge in [0, 0.05) is 24.7 Å². The van der Waals surface area contributed by atoms with Crippen molar-refractivity contribution in [3.63, 3.8) is 0 Å². The topological polar surface area (TPSA) is 75.2 Å². The zero-order chi connectivity index (χ0) is 16.6. The molecule has 0 aliphatic carbocycles. The molecule has 23 heavy (non-hydrogen) atoms. The van der Waals surface area contributed by atoms with Crippen LogP contribution < -0.4 is 10.5 Å². The average molecular weight is 331 g/mol. The van der Waals surface area contributed by atoms with Crippen LogP contribution in [0.2, 0.25) is 5.15 Å². The summed E-state index contributed by atoms with van der Waals surface area (Å²) < 4.78 is 5.18. The fourth-order valence-electron chi connectivity index (χ4n) is 2.92. The monoisotopic (exact) mass is 330 g/mol. The standard InChI is InChI=1S/C17H19ClN4O/c1-10-7-14-16(13(19)8-15(18)21-14)17(20)22(10)9-11-3-5-12(23-2)6-4-11/h3-6,8,10,20H,7,9H2,1-2H3,(H2,19,21). The number of methoxy groups -OCH3 is 1. The molecule has 120 valence electrons. The smallest absolute Gasteiger partial charge is 0.132 e. The van der Waals surface area contributed by atoms with Gasteiger partial charge in [0.15, 0.2) is 0 Å². The number of amidine groups is 1. The Hall–Kier alpha value is -2.27. The Morgan fingerprint density at radius 1 is 1.39 bits per heavy atom. The first-order valence-corrected chi connectivity index (χ1v) is 7.80. The quantitative estimate of drug-likeness (QED) is 0.848. The molecule has 0 spiro atoms. The van der Waals surface area contributed by atoms with Crippen LogP contribution in [-0.4, -0.2) is 28.9 Å². The normalized spacial score (nSPS) is 17.1. The first-order chi connectivity index (χ1) is 11.0. The summed E-state index contributed by atoms with van der Waals surface area (Å²) in [5, 5.41) is 8.91. The van der Waals surface area contributed by atoms with E-state index in [1.807, 2.05) is 29.2 Å². The van der Waals surface area contributed by atoms with Gasteiger partial charge in [-0.2, -0.15) is 0 Å². The van der Waals surface area contributed by atoms with E-state index in [-0.39, 0.29) is 6.04 Å². The SMILES string of the molecule is COc1ccc(CN2C(=N)c3c(N)cc(Cl)nc3CC2C)cc1. The van der Waals surface area contributed by atoms with E-state index in [2.05, 4.69) is 11.9 Å². The molecule has 5 nitrogen and oxygen atoms in total. The average Bonchev–Trinajstić information content (AvgIpc) is 2.51. The predicted octanol–water partition coefficient (Wildman–Crippen LogP) is 3.10. The minimum Gasteiger partial charge on any atom is -0.497 e. The molecule has 0 bridgehead atoms. The molecule has 1 unspecified atom stereocenters. The van der Waals surface area contributed by atoms with Crippen molar-refractivity contribution < 1.29 is 4.74 Å². The van der Waals surface area contributed by atoms with Crippen LogP contribution in [0.4, 0.5) is 5.69 Å². The summed E-state index contributed by atoms with van der Waals surface area (Å²) in [5.74, 6) is 1.22. The molecule has 0 radical (unpaired) electrons. The fraction of sp³-hybridized carbons (Fsp3) is 0.294. The second kappa shape index (κ2) is 6.08. The molecule has 1 aliphatic rings. The molecule has 0 saturated carbocycles. The van der Waals surface area contributed by atoms with Gasteiger partial charge in [0.25, 0.3) is 0 Å². The van der Waals surface area contributed by atoms with Gasteiger partial charge < -0.3 is 15.4 Å². The molecular formula is C17H19ClN4O. The van der Waals surface area contributed by atoms with Crippen molar-refractivity contribution in [1.29, 1.82) is 5.41 Å². The van der Waals surface area contributed by atoms with Gasteiger partial charge >= 0.3 is 0 Å². The van der Waals surface area contributed by atoms with E-state index in [0.29, 0.717) is 28.8 Å². The third-order valence-electron chi connectivity index (χ3n) is 4.15. The van der Waals surface area contributed by atoms with Crippen LogP contribution in [0.15, 0.2) is 30.3 Å². The molecule has 2 aromatic rings. The highest BCUT2D eigenvalue weighted by Gasteiger charge is 2.30. The molecule has 3 N–H and O–H groups in total. The van der Waals surface area contributed by atoms with Gasteiger partial charge in [-0.3, -0.25) is 5.41 Å². The van der Waals surface area contributed by atoms with Crippen molar-refractivity contribution in [1.82, 2.24) is 9.88 Å². The minimum absolute atomic E-state index is 0.155. The molecule has 1 aliphatic heterocycles. The molecular weight excluding hydrogens is 312 g/mol. The number of nitrogens with two attached hydrogens (primary N) is 1. The Balaban J connectivity index is 1.89. The number of ether oxygens (including phenoxy) is 1. The number of hydrogen-bond donors (Lipinski definition) is 2. The number of pyridine rings is 1. The van der Waals surface area contributed by atoms with Crippen LogP contribution in [0, 0.1) is 5.41 Å². The number of benzene rings is 1. The van der Waals surface area contributed by atoms with Crippen LogP contribution >= 0.6 is 11.6 Å². The van der Waals surface area contributed by atoms with E-state index in [1.165, 1.54) is 0 Å². The lowest BCUT2D eigenvalue weighted by Crippen LogP contribution is -2.44. The van der Waals surface area contributed by atoms with E-state index in [1.54, 1.807) is 13.2 Å². The number of nitrogen functional groups attached to an aromatic ring is 1. The largest absolute Gasteiger partial charge is 0.497 e. The summed E-state index contributed by atoms with van der Waals surface area (Å²) in [6.45, 7) is 2.73. The van der Waals surface area contributed by atoms with E-state index >= 15 is 0 Å². The van der Waals surface area contributed by atoms with Crippen molar-refractivity contribution in [2.24, 2.45) is 0 Å². The first-order valence-electron chi connectivity index (χ1n) is 7.43. The summed E-state index contributed by atoms with van der Waals surface area (Å²) in [7, 11) is 1.65. The highest BCUT2D eigenvalue weighted by molar-refractivity contribution is 6.30. The summed E-state index contributed by atoms with van der Waals surface area (Å²) in [6.07, 6.45) is 0.721. The molecule has 6 heteroatoms. The number of nitrogens with one attached hydrogen (secondary N) is 1. The van der Waals surface area contributed by atoms with Gasteiger partial charge in [-0.15, -0.1) is 0 Å². The lowest BCUT2D eigenvalue weighted by Gasteiger charge is -2.37. The molecule has 0 saturated heterocycles. The van der Waals surface area contributed by atoms with Gasteiger partial charge in [0.05, 0.1) is 18.4 Å². The third-order valence-corrected chi connectivity index (χ3v) is 4.34. The molecule has 1 aromatic carbocycles. The maximum Gasteiger partial charge on any atom is 0.132 e. The highest BCUT2D eigenvalue weighted by atomic mass is 35.5. The van der Waals surface area contributed by atoms with Crippen LogP contribution in [0.1, 0.15) is 23.7 Å². The van der Waals surface area contributed by atoms with Crippen LogP contribution in [0.25, 0.3) is 0 Å². The van der Waals surface area contributed by atoms with E-state index in [4.69, 9.17) is 27.5 Å². The van der Waals surface area contributed by atoms with Crippen LogP contribution in [0.5, 0.6) is 5.75 Å². The van der Waals surface area contributed by atoms with Gasteiger partial charge in [0.2, 0.25) is 0 Å². The Labute approximate surface area is 140 Å². The zero-order valence-electron chi connectivity index (χ0n) is 13.1. The Kier molecular flexibility index (Phi) is 4.13. The minimum atomic E-state index is 0.155. The Morgan fingerprint density at radius 3 is 2.74 bits per heavy atom. The first kappa shape index (κ1) is 15.6. The molecule has 2 heterocycles. The van der Waals surface area contributed by atoms with Crippen LogP contribution in [-0.2, 0) is 13.0 Å². The van der Waals surface area contributed by atoms with Gasteiger partial charge in [0.1, 0.15) is 16.7 Å². The maximum atomic E-state index is 8.54. The Morgan fingerprint density at radius 2 is 2.09 bits per heavy atom. The van der Waals surface area contributed by atoms with Crippen molar-refractivity contribution in [3.8, 4) is 5.75 Å². The molecule has 0 fully saturated rings. The van der Waals surface area contributed by atoms with Crippen LogP contribution in [0.3, 0.4) is 0 Å². The Bertz CT molecular complexity index is 745. The third kappa shape index (κ3) is 2.97. The number of rotatable bonds is 3. The van der Waals surface area contributed by atoms with Crippen molar-refractivity contribution in [2.45, 2.75) is 25.9 Å². The van der Waals surface area contributed by atoms with E-state index < -0.39 is 0 Å². The molecule has 1 atom stereocenters. The summed E-state index contributed by atoms with van der Waals surface area (Å²) in [6, 6.07) is 9.64. The number of fused-ring (bicyclic) bond motifs is 1. The van der Waals surface area contributed by atoms with Crippen molar-refractivity contribution in [2.75, 3.05) is 12.8 Å². The van der Waals surface area contributed by atoms with Gasteiger partial charge in [-0.05, 0) is 30.7 Å². The second-order valence-electron chi connectivity index (χ2n) is 5.73. The molecule has 1 aromatic heterocycles. The van der Waals surface area contributed by atoms with E-state index in [0.717, 1.165) is 23.4 Å². The van der Waals surface area contributed by atoms with Crippen molar-refractivity contribution >= 4 is 23.1 Å². The molecule has 3 rings (SSSR count). The number of halogens is 1.